The van der Waals surface area contributed by atoms with Crippen molar-refractivity contribution in [2.24, 2.45) is 0 Å². The molecule has 0 radical (unpaired) electrons. The van der Waals surface area contributed by atoms with Crippen LogP contribution in [0, 0.1) is 6.92 Å². The molecule has 2 N–H and O–H groups in total. The molecule has 0 saturated heterocycles. The third-order valence-corrected chi connectivity index (χ3v) is 5.54. The summed E-state index contributed by atoms with van der Waals surface area (Å²) < 4.78 is 33.2. The standard InChI is InChI=1S/C20H26N2O4S/c1-14-9-10-15(20(2,3)4)11-18(14)27(24,25)22-17-8-6-7-16(12-17)21-19(23)13-26-5/h6-12,22H,13H2,1-5H3,(H,21,23). The van der Waals surface area contributed by atoms with E-state index in [1.54, 1.807) is 37.3 Å². The second kappa shape index (κ2) is 8.10. The summed E-state index contributed by atoms with van der Waals surface area (Å²) in [5.41, 5.74) is 2.29. The number of nitrogens with one attached hydrogen (secondary N) is 2. The first kappa shape index (κ1) is 20.9. The van der Waals surface area contributed by atoms with Crippen LogP contribution in [0.5, 0.6) is 0 Å². The zero-order valence-corrected chi connectivity index (χ0v) is 17.1. The molecule has 0 fully saturated rings. The van der Waals surface area contributed by atoms with Crippen LogP contribution in [0.15, 0.2) is 47.4 Å². The van der Waals surface area contributed by atoms with Crippen molar-refractivity contribution in [3.05, 3.63) is 53.6 Å². The summed E-state index contributed by atoms with van der Waals surface area (Å²) in [4.78, 5) is 11.9. The first-order valence-electron chi connectivity index (χ1n) is 8.56. The maximum absolute atomic E-state index is 12.9. The van der Waals surface area contributed by atoms with Crippen LogP contribution in [0.3, 0.4) is 0 Å². The normalized spacial score (nSPS) is 11.9. The van der Waals surface area contributed by atoms with Gasteiger partial charge in [0, 0.05) is 12.8 Å². The van der Waals surface area contributed by atoms with Gasteiger partial charge in [-0.15, -0.1) is 0 Å². The highest BCUT2D eigenvalue weighted by molar-refractivity contribution is 7.92. The largest absolute Gasteiger partial charge is 0.375 e. The molecule has 1 amide bonds. The van der Waals surface area contributed by atoms with Crippen molar-refractivity contribution in [1.29, 1.82) is 0 Å². The highest BCUT2D eigenvalue weighted by atomic mass is 32.2. The highest BCUT2D eigenvalue weighted by Crippen LogP contribution is 2.28. The Morgan fingerprint density at radius 3 is 2.37 bits per heavy atom. The smallest absolute Gasteiger partial charge is 0.262 e. The number of carbonyl (C=O) groups is 1. The molecule has 0 heterocycles. The molecule has 7 heteroatoms. The first-order chi connectivity index (χ1) is 12.5. The minimum atomic E-state index is -3.77. The molecule has 0 aliphatic carbocycles. The molecular formula is C20H26N2O4S. The van der Waals surface area contributed by atoms with E-state index in [0.717, 1.165) is 5.56 Å². The van der Waals surface area contributed by atoms with E-state index in [-0.39, 0.29) is 22.8 Å². The summed E-state index contributed by atoms with van der Waals surface area (Å²) in [6.45, 7) is 7.80. The maximum Gasteiger partial charge on any atom is 0.262 e. The number of amides is 1. The van der Waals surface area contributed by atoms with Crippen LogP contribution in [-0.4, -0.2) is 28.0 Å². The fourth-order valence-corrected chi connectivity index (χ4v) is 3.88. The maximum atomic E-state index is 12.9. The Bertz CT molecular complexity index is 931. The molecule has 0 atom stereocenters. The van der Waals surface area contributed by atoms with Gasteiger partial charge in [0.05, 0.1) is 10.6 Å². The number of hydrogen-bond donors (Lipinski definition) is 2. The monoisotopic (exact) mass is 390 g/mol. The van der Waals surface area contributed by atoms with Gasteiger partial charge in [0.15, 0.2) is 0 Å². The quantitative estimate of drug-likeness (QED) is 0.788. The lowest BCUT2D eigenvalue weighted by Crippen LogP contribution is -2.18. The van der Waals surface area contributed by atoms with E-state index < -0.39 is 10.0 Å². The van der Waals surface area contributed by atoms with Crippen LogP contribution in [-0.2, 0) is 25.0 Å². The molecule has 0 saturated carbocycles. The molecule has 27 heavy (non-hydrogen) atoms. The van der Waals surface area contributed by atoms with Crippen LogP contribution in [0.4, 0.5) is 11.4 Å². The van der Waals surface area contributed by atoms with Gasteiger partial charge >= 0.3 is 0 Å². The predicted molar refractivity (Wildman–Crippen MR) is 108 cm³/mol. The molecule has 2 aromatic rings. The van der Waals surface area contributed by atoms with Crippen LogP contribution in [0.25, 0.3) is 0 Å². The number of anilines is 2. The van der Waals surface area contributed by atoms with Crippen LogP contribution >= 0.6 is 0 Å². The van der Waals surface area contributed by atoms with Crippen molar-refractivity contribution in [3.63, 3.8) is 0 Å². The van der Waals surface area contributed by atoms with Gasteiger partial charge in [-0.25, -0.2) is 8.42 Å². The number of hydrogen-bond acceptors (Lipinski definition) is 4. The fraction of sp³-hybridized carbons (Fsp3) is 0.350. The van der Waals surface area contributed by atoms with Gasteiger partial charge in [-0.3, -0.25) is 9.52 Å². The molecule has 0 aromatic heterocycles. The Labute approximate surface area is 161 Å². The number of aryl methyl sites for hydroxylation is 1. The number of sulfonamides is 1. The minimum Gasteiger partial charge on any atom is -0.375 e. The molecule has 2 rings (SSSR count). The van der Waals surface area contributed by atoms with E-state index in [1.165, 1.54) is 7.11 Å². The van der Waals surface area contributed by atoms with Crippen LogP contribution < -0.4 is 10.0 Å². The second-order valence-corrected chi connectivity index (χ2v) is 9.05. The Balaban J connectivity index is 2.30. The van der Waals surface area contributed by atoms with Gasteiger partial charge in [-0.05, 0) is 47.7 Å². The first-order valence-corrected chi connectivity index (χ1v) is 10.0. The van der Waals surface area contributed by atoms with Gasteiger partial charge in [0.2, 0.25) is 5.91 Å². The van der Waals surface area contributed by atoms with E-state index in [1.807, 2.05) is 32.9 Å². The Morgan fingerprint density at radius 1 is 1.07 bits per heavy atom. The van der Waals surface area contributed by atoms with Crippen molar-refractivity contribution in [3.8, 4) is 0 Å². The predicted octanol–water partition coefficient (Wildman–Crippen LogP) is 3.68. The zero-order valence-electron chi connectivity index (χ0n) is 16.3. The minimum absolute atomic E-state index is 0.0747. The lowest BCUT2D eigenvalue weighted by molar-refractivity contribution is -0.119. The van der Waals surface area contributed by atoms with Crippen molar-refractivity contribution in [1.82, 2.24) is 0 Å². The number of ether oxygens (including phenoxy) is 1. The molecule has 0 unspecified atom stereocenters. The van der Waals surface area contributed by atoms with Crippen molar-refractivity contribution in [2.45, 2.75) is 38.0 Å². The number of rotatable bonds is 6. The third-order valence-electron chi connectivity index (χ3n) is 4.02. The van der Waals surface area contributed by atoms with Crippen molar-refractivity contribution < 1.29 is 17.9 Å². The van der Waals surface area contributed by atoms with Gasteiger partial charge in [-0.2, -0.15) is 0 Å². The van der Waals surface area contributed by atoms with E-state index in [4.69, 9.17) is 4.74 Å². The van der Waals surface area contributed by atoms with Gasteiger partial charge in [-0.1, -0.05) is 39.0 Å². The Hall–Kier alpha value is -2.38. The molecule has 0 spiro atoms. The molecule has 6 nitrogen and oxygen atoms in total. The van der Waals surface area contributed by atoms with Gasteiger partial charge in [0.25, 0.3) is 10.0 Å². The highest BCUT2D eigenvalue weighted by Gasteiger charge is 2.21. The summed E-state index contributed by atoms with van der Waals surface area (Å²) in [7, 11) is -2.34. The third kappa shape index (κ3) is 5.55. The molecule has 146 valence electrons. The number of carbonyl (C=O) groups excluding carboxylic acids is 1. The molecular weight excluding hydrogens is 364 g/mol. The lowest BCUT2D eigenvalue weighted by atomic mass is 9.87. The zero-order chi connectivity index (χ0) is 20.2. The Kier molecular flexibility index (Phi) is 6.28. The molecule has 0 aliphatic rings. The summed E-state index contributed by atoms with van der Waals surface area (Å²) >= 11 is 0. The fourth-order valence-electron chi connectivity index (χ4n) is 2.55. The number of methoxy groups -OCH3 is 1. The van der Waals surface area contributed by atoms with Gasteiger partial charge < -0.3 is 10.1 Å². The second-order valence-electron chi connectivity index (χ2n) is 7.40. The summed E-state index contributed by atoms with van der Waals surface area (Å²) in [6, 6.07) is 12.0. The van der Waals surface area contributed by atoms with Crippen molar-refractivity contribution >= 4 is 27.3 Å². The van der Waals surface area contributed by atoms with Crippen LogP contribution in [0.2, 0.25) is 0 Å². The lowest BCUT2D eigenvalue weighted by Gasteiger charge is -2.21. The van der Waals surface area contributed by atoms with Gasteiger partial charge in [0.1, 0.15) is 6.61 Å². The van der Waals surface area contributed by atoms with Crippen molar-refractivity contribution in [2.75, 3.05) is 23.8 Å². The summed E-state index contributed by atoms with van der Waals surface area (Å²) in [5.74, 6) is -0.314. The summed E-state index contributed by atoms with van der Waals surface area (Å²) in [5, 5.41) is 2.65. The van der Waals surface area contributed by atoms with E-state index in [0.29, 0.717) is 16.9 Å². The van der Waals surface area contributed by atoms with E-state index >= 15 is 0 Å². The number of benzene rings is 2. The van der Waals surface area contributed by atoms with E-state index in [2.05, 4.69) is 10.0 Å². The Morgan fingerprint density at radius 2 is 1.74 bits per heavy atom. The van der Waals surface area contributed by atoms with E-state index in [9.17, 15) is 13.2 Å². The summed E-state index contributed by atoms with van der Waals surface area (Å²) in [6.07, 6.45) is 0. The topological polar surface area (TPSA) is 84.5 Å². The average Bonchev–Trinajstić information content (AvgIpc) is 2.54. The molecule has 0 bridgehead atoms. The molecule has 0 aliphatic heterocycles. The SMILES string of the molecule is COCC(=O)Nc1cccc(NS(=O)(=O)c2cc(C(C)(C)C)ccc2C)c1. The average molecular weight is 391 g/mol. The molecule has 2 aromatic carbocycles. The van der Waals surface area contributed by atoms with Crippen LogP contribution in [0.1, 0.15) is 31.9 Å².